The lowest BCUT2D eigenvalue weighted by Gasteiger charge is -2.19. The molecule has 0 spiro atoms. The summed E-state index contributed by atoms with van der Waals surface area (Å²) in [5.74, 6) is -0.189. The van der Waals surface area contributed by atoms with Gasteiger partial charge in [0.25, 0.3) is 5.91 Å². The molecule has 0 radical (unpaired) electrons. The van der Waals surface area contributed by atoms with Crippen LogP contribution in [-0.2, 0) is 4.74 Å². The summed E-state index contributed by atoms with van der Waals surface area (Å²) >= 11 is 5.82. The van der Waals surface area contributed by atoms with Gasteiger partial charge in [-0.2, -0.15) is 0 Å². The Morgan fingerprint density at radius 2 is 1.83 bits per heavy atom. The van der Waals surface area contributed by atoms with E-state index in [-0.39, 0.29) is 25.2 Å². The highest BCUT2D eigenvalue weighted by molar-refractivity contribution is 6.30. The van der Waals surface area contributed by atoms with Crippen molar-refractivity contribution in [1.29, 1.82) is 0 Å². The van der Waals surface area contributed by atoms with Gasteiger partial charge >= 0.3 is 0 Å². The van der Waals surface area contributed by atoms with Gasteiger partial charge in [0, 0.05) is 17.1 Å². The molecule has 0 heterocycles. The molecule has 5 heteroatoms. The molecule has 0 bridgehead atoms. The molecule has 0 saturated carbocycles. The molecule has 2 aromatic rings. The van der Waals surface area contributed by atoms with E-state index in [1.807, 2.05) is 31.2 Å². The van der Waals surface area contributed by atoms with Crippen molar-refractivity contribution in [3.63, 3.8) is 0 Å². The molecule has 23 heavy (non-hydrogen) atoms. The number of hydrogen-bond acceptors (Lipinski definition) is 3. The zero-order valence-corrected chi connectivity index (χ0v) is 13.7. The Balaban J connectivity index is 2.01. The highest BCUT2D eigenvalue weighted by Crippen LogP contribution is 2.17. The second-order valence-electron chi connectivity index (χ2n) is 5.21. The summed E-state index contributed by atoms with van der Waals surface area (Å²) in [6.45, 7) is 2.49. The van der Waals surface area contributed by atoms with Crippen LogP contribution < -0.4 is 5.32 Å². The average Bonchev–Trinajstić information content (AvgIpc) is 2.56. The van der Waals surface area contributed by atoms with E-state index in [4.69, 9.17) is 21.4 Å². The molecule has 2 aromatic carbocycles. The Bertz CT molecular complexity index is 626. The number of benzene rings is 2. The van der Waals surface area contributed by atoms with Crippen LogP contribution in [0.5, 0.6) is 0 Å². The number of halogens is 1. The number of aryl methyl sites for hydroxylation is 1. The number of aliphatic hydroxyl groups excluding tert-OH is 1. The maximum Gasteiger partial charge on any atom is 0.251 e. The number of aliphatic hydroxyl groups is 1. The molecule has 4 nitrogen and oxygen atoms in total. The Kier molecular flexibility index (Phi) is 6.59. The molecule has 2 rings (SSSR count). The van der Waals surface area contributed by atoms with Gasteiger partial charge in [0.15, 0.2) is 0 Å². The molecule has 0 saturated heterocycles. The summed E-state index contributed by atoms with van der Waals surface area (Å²) in [4.78, 5) is 12.2. The Labute approximate surface area is 141 Å². The molecule has 122 valence electrons. The van der Waals surface area contributed by atoms with Crippen molar-refractivity contribution < 1.29 is 14.6 Å². The van der Waals surface area contributed by atoms with Gasteiger partial charge in [-0.05, 0) is 36.8 Å². The fraction of sp³-hybridized carbons (Fsp3) is 0.278. The second kappa shape index (κ2) is 8.67. The van der Waals surface area contributed by atoms with Crippen molar-refractivity contribution in [2.24, 2.45) is 0 Å². The second-order valence-corrected chi connectivity index (χ2v) is 5.65. The zero-order valence-electron chi connectivity index (χ0n) is 13.0. The zero-order chi connectivity index (χ0) is 16.7. The van der Waals surface area contributed by atoms with Gasteiger partial charge in [-0.3, -0.25) is 4.79 Å². The van der Waals surface area contributed by atoms with Crippen LogP contribution in [0.4, 0.5) is 0 Å². The van der Waals surface area contributed by atoms with Crippen LogP contribution in [0.1, 0.15) is 27.6 Å². The van der Waals surface area contributed by atoms with Crippen molar-refractivity contribution in [2.45, 2.75) is 13.0 Å². The van der Waals surface area contributed by atoms with Crippen molar-refractivity contribution in [2.75, 3.05) is 19.8 Å². The Morgan fingerprint density at radius 1 is 1.17 bits per heavy atom. The highest BCUT2D eigenvalue weighted by Gasteiger charge is 2.14. The van der Waals surface area contributed by atoms with Gasteiger partial charge in [0.05, 0.1) is 19.3 Å². The predicted octanol–water partition coefficient (Wildman–Crippen LogP) is 3.13. The number of ether oxygens (including phenoxy) is 1. The third-order valence-corrected chi connectivity index (χ3v) is 3.67. The number of amides is 1. The minimum atomic E-state index is -0.306. The van der Waals surface area contributed by atoms with Crippen LogP contribution in [0.3, 0.4) is 0 Å². The van der Waals surface area contributed by atoms with Gasteiger partial charge in [0.2, 0.25) is 0 Å². The predicted molar refractivity (Wildman–Crippen MR) is 90.7 cm³/mol. The van der Waals surface area contributed by atoms with E-state index in [0.717, 1.165) is 11.1 Å². The molecule has 0 aliphatic heterocycles. The molecule has 2 N–H and O–H groups in total. The Hall–Kier alpha value is -1.88. The summed E-state index contributed by atoms with van der Waals surface area (Å²) in [7, 11) is 0. The SMILES string of the molecule is Cc1ccc(C(CNC(=O)c2ccc(Cl)cc2)OCCO)cc1. The maximum absolute atomic E-state index is 12.2. The summed E-state index contributed by atoms with van der Waals surface area (Å²) in [5, 5.41) is 12.4. The lowest BCUT2D eigenvalue weighted by molar-refractivity contribution is 0.0277. The molecular weight excluding hydrogens is 314 g/mol. The summed E-state index contributed by atoms with van der Waals surface area (Å²) in [6, 6.07) is 14.6. The van der Waals surface area contributed by atoms with E-state index < -0.39 is 0 Å². The van der Waals surface area contributed by atoms with Crippen molar-refractivity contribution in [1.82, 2.24) is 5.32 Å². The topological polar surface area (TPSA) is 58.6 Å². The maximum atomic E-state index is 12.2. The van der Waals surface area contributed by atoms with Crippen molar-refractivity contribution >= 4 is 17.5 Å². The van der Waals surface area contributed by atoms with Gasteiger partial charge in [-0.15, -0.1) is 0 Å². The third-order valence-electron chi connectivity index (χ3n) is 3.41. The van der Waals surface area contributed by atoms with Crippen LogP contribution >= 0.6 is 11.6 Å². The molecule has 0 fully saturated rings. The lowest BCUT2D eigenvalue weighted by atomic mass is 10.1. The largest absolute Gasteiger partial charge is 0.394 e. The first-order valence-electron chi connectivity index (χ1n) is 7.43. The lowest BCUT2D eigenvalue weighted by Crippen LogP contribution is -2.30. The first-order valence-corrected chi connectivity index (χ1v) is 7.80. The summed E-state index contributed by atoms with van der Waals surface area (Å²) in [5.41, 5.74) is 2.65. The first kappa shape index (κ1) is 17.5. The minimum Gasteiger partial charge on any atom is -0.394 e. The normalized spacial score (nSPS) is 12.0. The van der Waals surface area contributed by atoms with Crippen LogP contribution in [0.15, 0.2) is 48.5 Å². The van der Waals surface area contributed by atoms with Gasteiger partial charge in [-0.25, -0.2) is 0 Å². The standard InChI is InChI=1S/C18H20ClNO3/c1-13-2-4-14(5-3-13)17(23-11-10-21)12-20-18(22)15-6-8-16(19)9-7-15/h2-9,17,21H,10-12H2,1H3,(H,20,22). The van der Waals surface area contributed by atoms with E-state index in [0.29, 0.717) is 17.1 Å². The van der Waals surface area contributed by atoms with Gasteiger partial charge in [-0.1, -0.05) is 41.4 Å². The summed E-state index contributed by atoms with van der Waals surface area (Å²) in [6.07, 6.45) is -0.306. The fourth-order valence-corrected chi connectivity index (χ4v) is 2.26. The smallest absolute Gasteiger partial charge is 0.251 e. The van der Waals surface area contributed by atoms with E-state index in [1.54, 1.807) is 24.3 Å². The quantitative estimate of drug-likeness (QED) is 0.818. The van der Waals surface area contributed by atoms with E-state index in [9.17, 15) is 4.79 Å². The van der Waals surface area contributed by atoms with Crippen LogP contribution in [0.25, 0.3) is 0 Å². The molecule has 1 atom stereocenters. The highest BCUT2D eigenvalue weighted by atomic mass is 35.5. The molecule has 1 amide bonds. The van der Waals surface area contributed by atoms with Crippen LogP contribution in [0.2, 0.25) is 5.02 Å². The van der Waals surface area contributed by atoms with Crippen molar-refractivity contribution in [3.8, 4) is 0 Å². The number of hydrogen-bond donors (Lipinski definition) is 2. The van der Waals surface area contributed by atoms with Gasteiger partial charge < -0.3 is 15.2 Å². The van der Waals surface area contributed by atoms with Crippen molar-refractivity contribution in [3.05, 3.63) is 70.2 Å². The number of carbonyl (C=O) groups excluding carboxylic acids is 1. The third kappa shape index (κ3) is 5.36. The molecular formula is C18H20ClNO3. The fourth-order valence-electron chi connectivity index (χ4n) is 2.14. The summed E-state index contributed by atoms with van der Waals surface area (Å²) < 4.78 is 5.64. The monoisotopic (exact) mass is 333 g/mol. The number of rotatable bonds is 7. The molecule has 0 aliphatic carbocycles. The van der Waals surface area contributed by atoms with E-state index in [1.165, 1.54) is 0 Å². The Morgan fingerprint density at radius 3 is 2.43 bits per heavy atom. The molecule has 0 aliphatic rings. The molecule has 0 aromatic heterocycles. The molecule has 1 unspecified atom stereocenters. The average molecular weight is 334 g/mol. The van der Waals surface area contributed by atoms with E-state index in [2.05, 4.69) is 5.32 Å². The number of carbonyl (C=O) groups is 1. The number of nitrogens with one attached hydrogen (secondary N) is 1. The van der Waals surface area contributed by atoms with Crippen LogP contribution in [-0.4, -0.2) is 30.8 Å². The van der Waals surface area contributed by atoms with E-state index >= 15 is 0 Å². The van der Waals surface area contributed by atoms with Gasteiger partial charge in [0.1, 0.15) is 0 Å². The first-order chi connectivity index (χ1) is 11.1. The van der Waals surface area contributed by atoms with Crippen LogP contribution in [0, 0.1) is 6.92 Å². The minimum absolute atomic E-state index is 0.0620.